The number of rotatable bonds is 3. The maximum absolute atomic E-state index is 16.1. The number of aryl methyl sites for hydroxylation is 6. The van der Waals surface area contributed by atoms with Crippen LogP contribution < -0.4 is 10.7 Å². The minimum absolute atomic E-state index is 0.0133. The molecule has 7 aromatic rings. The lowest BCUT2D eigenvalue weighted by atomic mass is 9.87. The van der Waals surface area contributed by atoms with Crippen LogP contribution in [0.5, 0.6) is 0 Å². The number of halogens is 5. The summed E-state index contributed by atoms with van der Waals surface area (Å²) in [5.41, 5.74) is 13.3. The number of nitrogens with zero attached hydrogens (tertiary/aromatic N) is 2. The maximum atomic E-state index is 16.1. The summed E-state index contributed by atoms with van der Waals surface area (Å²) in [6.07, 6.45) is 3.29. The minimum atomic E-state index is -2.24. The van der Waals surface area contributed by atoms with Crippen LogP contribution in [-0.4, -0.2) is 15.7 Å². The van der Waals surface area contributed by atoms with Gasteiger partial charge in [-0.15, -0.1) is 0 Å². The molecule has 0 saturated carbocycles. The Balaban J connectivity index is 1.49. The van der Waals surface area contributed by atoms with Gasteiger partial charge in [0.25, 0.3) is 0 Å². The standard InChI is InChI=1S/C52H38F5N3/c1-26-20-28(3)42(29(4)21-26)44-34-12-7-10-32(24-34)36-14-9-15-37(58-36)33-11-8-13-35(25-33)45(43-30(5)22-27(2)23-31(43)6)39-17-19-41(60-39)46(40-18-16-38(44)59-40)47-48(53)50(55)52(57)51(56)49(47)54/h7-25,59H,1-6H3. The Morgan fingerprint density at radius 3 is 1.38 bits per heavy atom. The minimum Gasteiger partial charge on any atom is -0.354 e. The molecule has 9 rings (SSSR count). The second-order valence-electron chi connectivity index (χ2n) is 15.7. The number of aliphatic imine (C=N–C) groups is 1. The molecule has 60 heavy (non-hydrogen) atoms. The van der Waals surface area contributed by atoms with Gasteiger partial charge in [0.1, 0.15) is 0 Å². The van der Waals surface area contributed by atoms with Gasteiger partial charge in [-0.1, -0.05) is 77.9 Å². The molecule has 0 radical (unpaired) electrons. The van der Waals surface area contributed by atoms with Crippen molar-refractivity contribution in [2.24, 2.45) is 4.99 Å². The Morgan fingerprint density at radius 2 is 0.850 bits per heavy atom. The number of aromatic amines is 1. The lowest BCUT2D eigenvalue weighted by Crippen LogP contribution is -2.22. The normalized spacial score (nSPS) is 13.5. The third-order valence-corrected chi connectivity index (χ3v) is 11.3. The van der Waals surface area contributed by atoms with Crippen LogP contribution >= 0.6 is 0 Å². The van der Waals surface area contributed by atoms with Gasteiger partial charge in [-0.05, 0) is 135 Å². The molecule has 10 bridgehead atoms. The van der Waals surface area contributed by atoms with Crippen molar-refractivity contribution in [2.75, 3.05) is 0 Å². The van der Waals surface area contributed by atoms with E-state index in [1.54, 1.807) is 24.3 Å². The predicted octanol–water partition coefficient (Wildman–Crippen LogP) is 11.5. The Kier molecular flexibility index (Phi) is 9.46. The van der Waals surface area contributed by atoms with E-state index < -0.39 is 34.6 Å². The van der Waals surface area contributed by atoms with Gasteiger partial charge in [0, 0.05) is 38.5 Å². The first-order valence-corrected chi connectivity index (χ1v) is 19.6. The average Bonchev–Trinajstić information content (AvgIpc) is 3.91. The van der Waals surface area contributed by atoms with E-state index in [0.29, 0.717) is 11.0 Å². The van der Waals surface area contributed by atoms with E-state index in [4.69, 9.17) is 9.98 Å². The topological polar surface area (TPSA) is 41.0 Å². The van der Waals surface area contributed by atoms with Crippen LogP contribution in [0.15, 0.2) is 126 Å². The van der Waals surface area contributed by atoms with Crippen molar-refractivity contribution in [3.8, 4) is 22.5 Å². The zero-order valence-electron chi connectivity index (χ0n) is 33.8. The molecule has 0 amide bonds. The van der Waals surface area contributed by atoms with Crippen molar-refractivity contribution in [3.05, 3.63) is 222 Å². The van der Waals surface area contributed by atoms with Gasteiger partial charge in [-0.2, -0.15) is 0 Å². The summed E-state index contributed by atoms with van der Waals surface area (Å²) in [4.78, 5) is 13.6. The first kappa shape index (κ1) is 38.6. The number of hydrogen-bond donors (Lipinski definition) is 1. The lowest BCUT2D eigenvalue weighted by molar-refractivity contribution is 0.376. The van der Waals surface area contributed by atoms with Crippen LogP contribution in [0.25, 0.3) is 39.2 Å². The molecule has 3 nitrogen and oxygen atoms in total. The predicted molar refractivity (Wildman–Crippen MR) is 229 cm³/mol. The van der Waals surface area contributed by atoms with E-state index in [-0.39, 0.29) is 16.6 Å². The van der Waals surface area contributed by atoms with Crippen molar-refractivity contribution >= 4 is 22.4 Å². The van der Waals surface area contributed by atoms with Gasteiger partial charge in [0.05, 0.1) is 28.4 Å². The lowest BCUT2D eigenvalue weighted by Gasteiger charge is -2.18. The fraction of sp³-hybridized carbons (Fsp3) is 0.115. The van der Waals surface area contributed by atoms with E-state index in [1.807, 2.05) is 102 Å². The SMILES string of the molecule is Cc1cc(C)c(C2=C3C=CC(=N3)C(c3c(F)c(F)c(F)c(F)c3F)=c3ccc([nH]3)=C(c3c(C)cc(C)cc3C)c3cccc(c3)-c3cccc(n3)-c3cccc2c3)c(C)c1. The van der Waals surface area contributed by atoms with Gasteiger partial charge in [0.2, 0.25) is 5.82 Å². The monoisotopic (exact) mass is 799 g/mol. The number of nitrogens with one attached hydrogen (secondary N) is 1. The zero-order chi connectivity index (χ0) is 42.1. The summed E-state index contributed by atoms with van der Waals surface area (Å²) in [7, 11) is 0. The first-order chi connectivity index (χ1) is 28.8. The molecule has 1 N–H and O–H groups in total. The Bertz CT molecular complexity index is 3140. The first-order valence-electron chi connectivity index (χ1n) is 19.6. The summed E-state index contributed by atoms with van der Waals surface area (Å²) in [5.74, 6) is -10.2. The number of H-pyrrole nitrogens is 1. The molecule has 0 saturated heterocycles. The van der Waals surface area contributed by atoms with Crippen LogP contribution in [0, 0.1) is 70.6 Å². The van der Waals surface area contributed by atoms with Crippen LogP contribution in [0.2, 0.25) is 0 Å². The number of aromatic nitrogens is 2. The molecule has 0 spiro atoms. The van der Waals surface area contributed by atoms with E-state index in [0.717, 1.165) is 89.3 Å². The van der Waals surface area contributed by atoms with Crippen molar-refractivity contribution < 1.29 is 22.0 Å². The molecule has 0 fully saturated rings. The third-order valence-electron chi connectivity index (χ3n) is 11.3. The van der Waals surface area contributed by atoms with E-state index in [2.05, 4.69) is 35.3 Å². The second kappa shape index (κ2) is 14.7. The van der Waals surface area contributed by atoms with Gasteiger partial charge in [-0.25, -0.2) is 31.9 Å². The number of hydrogen-bond acceptors (Lipinski definition) is 2. The zero-order valence-corrected chi connectivity index (χ0v) is 33.8. The molecule has 2 aromatic heterocycles. The van der Waals surface area contributed by atoms with Gasteiger partial charge in [0.15, 0.2) is 23.3 Å². The second-order valence-corrected chi connectivity index (χ2v) is 15.7. The smallest absolute Gasteiger partial charge is 0.200 e. The van der Waals surface area contributed by atoms with Gasteiger partial charge >= 0.3 is 0 Å². The molecular formula is C52H38F5N3. The highest BCUT2D eigenvalue weighted by Gasteiger charge is 2.31. The third kappa shape index (κ3) is 6.43. The molecular weight excluding hydrogens is 762 g/mol. The molecule has 0 unspecified atom stereocenters. The summed E-state index contributed by atoms with van der Waals surface area (Å²) in [6, 6.07) is 33.5. The van der Waals surface area contributed by atoms with Crippen LogP contribution in [0.1, 0.15) is 61.2 Å². The van der Waals surface area contributed by atoms with Crippen LogP contribution in [0.3, 0.4) is 0 Å². The highest BCUT2D eigenvalue weighted by molar-refractivity contribution is 6.30. The summed E-state index contributed by atoms with van der Waals surface area (Å²) < 4.78 is 77.2. The van der Waals surface area contributed by atoms with Crippen LogP contribution in [0.4, 0.5) is 22.0 Å². The molecule has 2 aliphatic rings. The summed E-state index contributed by atoms with van der Waals surface area (Å²) >= 11 is 0. The van der Waals surface area contributed by atoms with Crippen molar-refractivity contribution in [1.82, 2.24) is 9.97 Å². The molecule has 0 aliphatic carbocycles. The fourth-order valence-electron chi connectivity index (χ4n) is 8.98. The Morgan fingerprint density at radius 1 is 0.417 bits per heavy atom. The summed E-state index contributed by atoms with van der Waals surface area (Å²) in [5, 5.41) is 0.664. The molecule has 0 atom stereocenters. The Hall–Kier alpha value is -6.93. The fourth-order valence-corrected chi connectivity index (χ4v) is 8.98. The molecule has 4 heterocycles. The van der Waals surface area contributed by atoms with E-state index >= 15 is 17.6 Å². The van der Waals surface area contributed by atoms with Crippen molar-refractivity contribution in [1.29, 1.82) is 0 Å². The van der Waals surface area contributed by atoms with Crippen molar-refractivity contribution in [3.63, 3.8) is 0 Å². The molecule has 8 heteroatoms. The highest BCUT2D eigenvalue weighted by Crippen LogP contribution is 2.39. The number of fused-ring (bicyclic) bond motifs is 11. The van der Waals surface area contributed by atoms with Gasteiger partial charge < -0.3 is 4.98 Å². The molecule has 5 aromatic carbocycles. The number of benzene rings is 5. The van der Waals surface area contributed by atoms with Gasteiger partial charge in [-0.3, -0.25) is 0 Å². The maximum Gasteiger partial charge on any atom is 0.200 e. The molecule has 296 valence electrons. The molecule has 2 aliphatic heterocycles. The summed E-state index contributed by atoms with van der Waals surface area (Å²) in [6.45, 7) is 12.1. The average molecular weight is 800 g/mol. The van der Waals surface area contributed by atoms with E-state index in [1.165, 1.54) is 0 Å². The Labute approximate surface area is 344 Å². The van der Waals surface area contributed by atoms with E-state index in [9.17, 15) is 4.39 Å². The van der Waals surface area contributed by atoms with Crippen molar-refractivity contribution in [2.45, 2.75) is 41.5 Å². The largest absolute Gasteiger partial charge is 0.354 e. The number of allylic oxidation sites excluding steroid dienone is 2. The van der Waals surface area contributed by atoms with Crippen LogP contribution in [-0.2, 0) is 0 Å². The highest BCUT2D eigenvalue weighted by atomic mass is 19.2. The quantitative estimate of drug-likeness (QED) is 0.108. The number of pyridine rings is 1.